The Labute approximate surface area is 183 Å². The molecule has 0 aromatic heterocycles. The maximum atomic E-state index is 12.7. The van der Waals surface area contributed by atoms with Gasteiger partial charge < -0.3 is 10.2 Å². The number of carboxylic acids is 2. The molecule has 0 saturated carbocycles. The van der Waals surface area contributed by atoms with Crippen LogP contribution >= 0.6 is 15.9 Å². The molecule has 0 spiro atoms. The van der Waals surface area contributed by atoms with Gasteiger partial charge in [0.15, 0.2) is 0 Å². The minimum Gasteiger partial charge on any atom is -0.473 e. The van der Waals surface area contributed by atoms with E-state index in [0.29, 0.717) is 18.0 Å². The zero-order chi connectivity index (χ0) is 22.3. The van der Waals surface area contributed by atoms with Crippen molar-refractivity contribution in [2.75, 3.05) is 26.2 Å². The van der Waals surface area contributed by atoms with Gasteiger partial charge in [0, 0.05) is 37.2 Å². The summed E-state index contributed by atoms with van der Waals surface area (Å²) in [4.78, 5) is 20.9. The lowest BCUT2D eigenvalue weighted by Crippen LogP contribution is -2.48. The monoisotopic (exact) mass is 498 g/mol. The van der Waals surface area contributed by atoms with Crippen LogP contribution in [0.1, 0.15) is 11.1 Å². The normalized spacial score (nSPS) is 15.1. The highest BCUT2D eigenvalue weighted by Gasteiger charge is 2.28. The number of carbonyl (C=O) groups is 2. The topological polar surface area (TPSA) is 115 Å². The summed E-state index contributed by atoms with van der Waals surface area (Å²) in [5.41, 5.74) is 2.31. The van der Waals surface area contributed by atoms with Gasteiger partial charge in [0.2, 0.25) is 10.0 Å². The fraction of sp³-hybridized carbons (Fsp3) is 0.300. The Kier molecular flexibility index (Phi) is 8.54. The van der Waals surface area contributed by atoms with Crippen molar-refractivity contribution >= 4 is 37.9 Å². The Morgan fingerprint density at radius 2 is 1.40 bits per heavy atom. The van der Waals surface area contributed by atoms with E-state index in [0.717, 1.165) is 29.7 Å². The summed E-state index contributed by atoms with van der Waals surface area (Å²) >= 11 is 3.44. The van der Waals surface area contributed by atoms with Gasteiger partial charge in [-0.05, 0) is 36.8 Å². The second kappa shape index (κ2) is 10.7. The van der Waals surface area contributed by atoms with Gasteiger partial charge in [-0.3, -0.25) is 4.90 Å². The van der Waals surface area contributed by atoms with Gasteiger partial charge in [-0.2, -0.15) is 4.31 Å². The first kappa shape index (κ1) is 24.0. The molecule has 2 aromatic carbocycles. The van der Waals surface area contributed by atoms with Crippen LogP contribution < -0.4 is 0 Å². The van der Waals surface area contributed by atoms with Crippen molar-refractivity contribution in [1.82, 2.24) is 9.21 Å². The first-order valence-electron chi connectivity index (χ1n) is 9.09. The summed E-state index contributed by atoms with van der Waals surface area (Å²) in [6.07, 6.45) is 0. The third-order valence-corrected chi connectivity index (χ3v) is 6.93. The predicted octanol–water partition coefficient (Wildman–Crippen LogP) is 2.42. The van der Waals surface area contributed by atoms with Crippen molar-refractivity contribution in [3.63, 3.8) is 0 Å². The van der Waals surface area contributed by atoms with Crippen LogP contribution in [0, 0.1) is 6.92 Å². The average molecular weight is 499 g/mol. The van der Waals surface area contributed by atoms with E-state index in [1.165, 1.54) is 5.56 Å². The first-order valence-corrected chi connectivity index (χ1v) is 11.3. The molecule has 0 bridgehead atoms. The summed E-state index contributed by atoms with van der Waals surface area (Å²) in [6.45, 7) is 5.38. The summed E-state index contributed by atoms with van der Waals surface area (Å²) in [6, 6.07) is 15.3. The van der Waals surface area contributed by atoms with Gasteiger partial charge in [-0.15, -0.1) is 0 Å². The number of hydrogen-bond acceptors (Lipinski definition) is 5. The molecule has 10 heteroatoms. The third-order valence-electron chi connectivity index (χ3n) is 4.49. The zero-order valence-corrected chi connectivity index (χ0v) is 18.8. The molecule has 3 rings (SSSR count). The molecule has 0 amide bonds. The van der Waals surface area contributed by atoms with Gasteiger partial charge in [0.1, 0.15) is 0 Å². The number of aliphatic carboxylic acids is 2. The number of piperazine rings is 1. The number of benzene rings is 2. The van der Waals surface area contributed by atoms with Crippen molar-refractivity contribution in [2.24, 2.45) is 0 Å². The van der Waals surface area contributed by atoms with Crippen LogP contribution in [0.4, 0.5) is 0 Å². The number of halogens is 1. The van der Waals surface area contributed by atoms with E-state index in [1.54, 1.807) is 16.4 Å². The molecule has 1 saturated heterocycles. The summed E-state index contributed by atoms with van der Waals surface area (Å²) in [5.74, 6) is -3.65. The van der Waals surface area contributed by atoms with E-state index in [1.807, 2.05) is 31.2 Å². The lowest BCUT2D eigenvalue weighted by molar-refractivity contribution is -0.159. The van der Waals surface area contributed by atoms with Gasteiger partial charge in [-0.1, -0.05) is 45.8 Å². The summed E-state index contributed by atoms with van der Waals surface area (Å²) in [5, 5.41) is 14.8. The highest BCUT2D eigenvalue weighted by atomic mass is 79.9. The van der Waals surface area contributed by atoms with Crippen molar-refractivity contribution in [2.45, 2.75) is 18.4 Å². The van der Waals surface area contributed by atoms with Crippen molar-refractivity contribution in [3.05, 3.63) is 64.1 Å². The molecule has 1 fully saturated rings. The Balaban J connectivity index is 0.000000469. The lowest BCUT2D eigenvalue weighted by atomic mass is 10.2. The molecule has 1 heterocycles. The van der Waals surface area contributed by atoms with Crippen molar-refractivity contribution in [3.8, 4) is 0 Å². The van der Waals surface area contributed by atoms with Crippen LogP contribution in [0.25, 0.3) is 0 Å². The molecule has 0 unspecified atom stereocenters. The van der Waals surface area contributed by atoms with Crippen LogP contribution in [0.3, 0.4) is 0 Å². The van der Waals surface area contributed by atoms with Gasteiger partial charge in [0.25, 0.3) is 0 Å². The standard InChI is InChI=1S/C18H21BrN2O2S.C2H2O4/c1-15-2-8-18(9-3-15)24(22,23)21-12-10-20(11-13-21)14-16-4-6-17(19)7-5-16;3-1(4)2(5)6/h2-9H,10-14H2,1H3;(H,3,4)(H,5,6). The lowest BCUT2D eigenvalue weighted by Gasteiger charge is -2.34. The second-order valence-electron chi connectivity index (χ2n) is 6.73. The summed E-state index contributed by atoms with van der Waals surface area (Å²) < 4.78 is 28.1. The Morgan fingerprint density at radius 3 is 1.87 bits per heavy atom. The fourth-order valence-electron chi connectivity index (χ4n) is 2.84. The number of sulfonamides is 1. The molecular formula is C20H23BrN2O6S. The Bertz CT molecular complexity index is 957. The van der Waals surface area contributed by atoms with E-state index < -0.39 is 22.0 Å². The SMILES string of the molecule is Cc1ccc(S(=O)(=O)N2CCN(Cc3ccc(Br)cc3)CC2)cc1.O=C(O)C(=O)O. The van der Waals surface area contributed by atoms with Crippen LogP contribution in [0.15, 0.2) is 57.9 Å². The first-order chi connectivity index (χ1) is 14.1. The second-order valence-corrected chi connectivity index (χ2v) is 9.58. The molecule has 1 aliphatic rings. The zero-order valence-electron chi connectivity index (χ0n) is 16.4. The Morgan fingerprint density at radius 1 is 0.900 bits per heavy atom. The predicted molar refractivity (Wildman–Crippen MR) is 115 cm³/mol. The number of aryl methyl sites for hydroxylation is 1. The fourth-order valence-corrected chi connectivity index (χ4v) is 4.52. The number of nitrogens with zero attached hydrogens (tertiary/aromatic N) is 2. The van der Waals surface area contributed by atoms with E-state index in [9.17, 15) is 8.42 Å². The van der Waals surface area contributed by atoms with Gasteiger partial charge in [-0.25, -0.2) is 18.0 Å². The van der Waals surface area contributed by atoms with Crippen molar-refractivity contribution < 1.29 is 28.2 Å². The molecule has 1 aliphatic heterocycles. The van der Waals surface area contributed by atoms with Crippen LogP contribution in [0.5, 0.6) is 0 Å². The molecule has 0 aliphatic carbocycles. The van der Waals surface area contributed by atoms with E-state index >= 15 is 0 Å². The smallest absolute Gasteiger partial charge is 0.414 e. The van der Waals surface area contributed by atoms with Crippen LogP contribution in [-0.2, 0) is 26.2 Å². The Hall–Kier alpha value is -2.27. The molecular weight excluding hydrogens is 476 g/mol. The van der Waals surface area contributed by atoms with Gasteiger partial charge >= 0.3 is 11.9 Å². The average Bonchev–Trinajstić information content (AvgIpc) is 2.71. The molecule has 2 N–H and O–H groups in total. The molecule has 0 atom stereocenters. The number of rotatable bonds is 4. The van der Waals surface area contributed by atoms with E-state index in [2.05, 4.69) is 33.0 Å². The number of hydrogen-bond donors (Lipinski definition) is 2. The molecule has 8 nitrogen and oxygen atoms in total. The minimum atomic E-state index is -3.38. The van der Waals surface area contributed by atoms with Crippen molar-refractivity contribution in [1.29, 1.82) is 0 Å². The quantitative estimate of drug-likeness (QED) is 0.621. The largest absolute Gasteiger partial charge is 0.473 e. The molecule has 0 radical (unpaired) electrons. The highest BCUT2D eigenvalue weighted by Crippen LogP contribution is 2.19. The van der Waals surface area contributed by atoms with Gasteiger partial charge in [0.05, 0.1) is 4.90 Å². The minimum absolute atomic E-state index is 0.384. The highest BCUT2D eigenvalue weighted by molar-refractivity contribution is 9.10. The number of carboxylic acid groups (broad SMARTS) is 2. The third kappa shape index (κ3) is 6.91. The summed E-state index contributed by atoms with van der Waals surface area (Å²) in [7, 11) is -3.38. The van der Waals surface area contributed by atoms with E-state index in [-0.39, 0.29) is 0 Å². The van der Waals surface area contributed by atoms with E-state index in [4.69, 9.17) is 19.8 Å². The maximum Gasteiger partial charge on any atom is 0.414 e. The molecule has 2 aromatic rings. The molecule has 162 valence electrons. The molecule has 30 heavy (non-hydrogen) atoms. The van der Waals surface area contributed by atoms with Crippen LogP contribution in [-0.4, -0.2) is 66.0 Å². The van der Waals surface area contributed by atoms with Crippen LogP contribution in [0.2, 0.25) is 0 Å². The maximum absolute atomic E-state index is 12.7.